The topological polar surface area (TPSA) is 33.0 Å². The van der Waals surface area contributed by atoms with Crippen LogP contribution in [0.15, 0.2) is 24.3 Å². The smallest absolute Gasteiger partial charge is 0.0991 e. The molecule has 0 aliphatic heterocycles. The Labute approximate surface area is 153 Å². The van der Waals surface area contributed by atoms with Crippen LogP contribution in [0.1, 0.15) is 88.2 Å². The summed E-state index contributed by atoms with van der Waals surface area (Å²) in [5.41, 5.74) is 2.15. The van der Waals surface area contributed by atoms with Gasteiger partial charge >= 0.3 is 0 Å². The van der Waals surface area contributed by atoms with Crippen molar-refractivity contribution in [3.8, 4) is 6.07 Å². The summed E-state index contributed by atoms with van der Waals surface area (Å²) in [7, 11) is 0. The van der Waals surface area contributed by atoms with Gasteiger partial charge in [-0.1, -0.05) is 44.7 Å². The Kier molecular flexibility index (Phi) is 6.93. The fourth-order valence-electron chi connectivity index (χ4n) is 4.63. The van der Waals surface area contributed by atoms with Crippen molar-refractivity contribution in [2.45, 2.75) is 83.2 Å². The molecule has 2 heteroatoms. The van der Waals surface area contributed by atoms with Crippen molar-refractivity contribution in [2.75, 3.05) is 6.61 Å². The summed E-state index contributed by atoms with van der Waals surface area (Å²) in [6, 6.07) is 10.4. The molecule has 0 heterocycles. The Morgan fingerprint density at radius 1 is 0.960 bits per heavy atom. The normalized spacial score (nSPS) is 29.9. The molecule has 2 fully saturated rings. The number of nitrogens with zero attached hydrogens (tertiary/aromatic N) is 1. The summed E-state index contributed by atoms with van der Waals surface area (Å²) in [6.07, 6.45) is 13.7. The molecule has 2 aliphatic carbocycles. The molecule has 3 rings (SSSR count). The molecule has 136 valence electrons. The molecular weight excluding hydrogens is 306 g/mol. The van der Waals surface area contributed by atoms with Crippen LogP contribution in [-0.2, 0) is 4.74 Å². The van der Waals surface area contributed by atoms with E-state index in [1.165, 1.54) is 69.8 Å². The van der Waals surface area contributed by atoms with E-state index in [1.807, 2.05) is 12.1 Å². The van der Waals surface area contributed by atoms with Crippen molar-refractivity contribution >= 4 is 0 Å². The van der Waals surface area contributed by atoms with Crippen molar-refractivity contribution < 1.29 is 4.74 Å². The summed E-state index contributed by atoms with van der Waals surface area (Å²) in [5, 5.41) is 8.90. The van der Waals surface area contributed by atoms with E-state index in [-0.39, 0.29) is 0 Å². The first-order valence-corrected chi connectivity index (χ1v) is 10.4. The van der Waals surface area contributed by atoms with Gasteiger partial charge in [0.15, 0.2) is 0 Å². The van der Waals surface area contributed by atoms with Gasteiger partial charge < -0.3 is 4.74 Å². The molecule has 0 aromatic heterocycles. The molecule has 0 amide bonds. The standard InChI is InChI=1S/C23H33NO/c1-18-4-6-19(7-5-18)3-2-16-25-23-14-12-22(13-15-23)21-10-8-20(17-24)9-11-21/h8-11,18-19,22-23H,2-7,12-16H2,1H3/t18-,19-,22-,23-. The molecule has 0 radical (unpaired) electrons. The molecule has 0 unspecified atom stereocenters. The highest BCUT2D eigenvalue weighted by Crippen LogP contribution is 2.34. The van der Waals surface area contributed by atoms with Crippen LogP contribution in [-0.4, -0.2) is 12.7 Å². The lowest BCUT2D eigenvalue weighted by Crippen LogP contribution is -2.21. The third-order valence-corrected chi connectivity index (χ3v) is 6.43. The predicted molar refractivity (Wildman–Crippen MR) is 102 cm³/mol. The zero-order valence-corrected chi connectivity index (χ0v) is 15.8. The quantitative estimate of drug-likeness (QED) is 0.577. The first kappa shape index (κ1) is 18.5. The molecule has 1 aromatic carbocycles. The number of nitriles is 1. The molecule has 1 aromatic rings. The lowest BCUT2D eigenvalue weighted by atomic mass is 9.81. The van der Waals surface area contributed by atoms with E-state index in [0.29, 0.717) is 12.0 Å². The van der Waals surface area contributed by atoms with Crippen LogP contribution in [0.2, 0.25) is 0 Å². The number of hydrogen-bond acceptors (Lipinski definition) is 2. The maximum atomic E-state index is 8.90. The molecule has 25 heavy (non-hydrogen) atoms. The lowest BCUT2D eigenvalue weighted by molar-refractivity contribution is 0.0205. The van der Waals surface area contributed by atoms with Crippen LogP contribution in [0.25, 0.3) is 0 Å². The molecule has 2 nitrogen and oxygen atoms in total. The number of rotatable bonds is 6. The van der Waals surface area contributed by atoms with E-state index < -0.39 is 0 Å². The number of ether oxygens (including phenoxy) is 1. The number of benzene rings is 1. The van der Waals surface area contributed by atoms with E-state index in [0.717, 1.165) is 24.0 Å². The highest BCUT2D eigenvalue weighted by Gasteiger charge is 2.23. The minimum Gasteiger partial charge on any atom is -0.378 e. The van der Waals surface area contributed by atoms with Gasteiger partial charge in [0.25, 0.3) is 0 Å². The van der Waals surface area contributed by atoms with Crippen molar-refractivity contribution in [3.05, 3.63) is 35.4 Å². The average molecular weight is 340 g/mol. The van der Waals surface area contributed by atoms with E-state index >= 15 is 0 Å². The fraction of sp³-hybridized carbons (Fsp3) is 0.696. The number of hydrogen-bond donors (Lipinski definition) is 0. The highest BCUT2D eigenvalue weighted by molar-refractivity contribution is 5.33. The van der Waals surface area contributed by atoms with Gasteiger partial charge in [-0.2, -0.15) is 5.26 Å². The largest absolute Gasteiger partial charge is 0.378 e. The fourth-order valence-corrected chi connectivity index (χ4v) is 4.63. The Morgan fingerprint density at radius 3 is 2.28 bits per heavy atom. The molecule has 0 N–H and O–H groups in total. The summed E-state index contributed by atoms with van der Waals surface area (Å²) in [6.45, 7) is 3.35. The van der Waals surface area contributed by atoms with Gasteiger partial charge in [-0.15, -0.1) is 0 Å². The zero-order chi connectivity index (χ0) is 17.5. The van der Waals surface area contributed by atoms with E-state index in [4.69, 9.17) is 10.00 Å². The van der Waals surface area contributed by atoms with E-state index in [9.17, 15) is 0 Å². The average Bonchev–Trinajstić information content (AvgIpc) is 2.67. The maximum absolute atomic E-state index is 8.90. The van der Waals surface area contributed by atoms with Gasteiger partial charge in [0, 0.05) is 6.61 Å². The maximum Gasteiger partial charge on any atom is 0.0991 e. The minimum atomic E-state index is 0.473. The zero-order valence-electron chi connectivity index (χ0n) is 15.8. The molecule has 0 bridgehead atoms. The Morgan fingerprint density at radius 2 is 1.64 bits per heavy atom. The predicted octanol–water partition coefficient (Wildman–Crippen LogP) is 6.21. The SMILES string of the molecule is C[C@H]1CC[C@H](CCCO[C@H]2CC[C@H](c3ccc(C#N)cc3)CC2)CC1. The van der Waals surface area contributed by atoms with Crippen LogP contribution in [0.4, 0.5) is 0 Å². The van der Waals surface area contributed by atoms with Crippen LogP contribution < -0.4 is 0 Å². The van der Waals surface area contributed by atoms with E-state index in [1.54, 1.807) is 0 Å². The first-order valence-electron chi connectivity index (χ1n) is 10.4. The second-order valence-corrected chi connectivity index (χ2v) is 8.35. The summed E-state index contributed by atoms with van der Waals surface area (Å²) in [4.78, 5) is 0. The third kappa shape index (κ3) is 5.58. The lowest BCUT2D eigenvalue weighted by Gasteiger charge is -2.29. The third-order valence-electron chi connectivity index (χ3n) is 6.43. The first-order chi connectivity index (χ1) is 12.2. The summed E-state index contributed by atoms with van der Waals surface area (Å²) < 4.78 is 6.17. The Hall–Kier alpha value is -1.33. The van der Waals surface area contributed by atoms with Crippen LogP contribution in [0.3, 0.4) is 0 Å². The molecule has 2 saturated carbocycles. The van der Waals surface area contributed by atoms with Gasteiger partial charge in [-0.05, 0) is 74.0 Å². The molecular formula is C23H33NO. The van der Waals surface area contributed by atoms with Crippen LogP contribution in [0, 0.1) is 23.2 Å². The summed E-state index contributed by atoms with van der Waals surface area (Å²) >= 11 is 0. The van der Waals surface area contributed by atoms with Gasteiger partial charge in [-0.25, -0.2) is 0 Å². The van der Waals surface area contributed by atoms with Crippen molar-refractivity contribution in [3.63, 3.8) is 0 Å². The molecule has 0 atom stereocenters. The van der Waals surface area contributed by atoms with Crippen LogP contribution >= 0.6 is 0 Å². The van der Waals surface area contributed by atoms with Crippen LogP contribution in [0.5, 0.6) is 0 Å². The summed E-state index contributed by atoms with van der Waals surface area (Å²) in [5.74, 6) is 2.57. The van der Waals surface area contributed by atoms with Gasteiger partial charge in [0.2, 0.25) is 0 Å². The van der Waals surface area contributed by atoms with E-state index in [2.05, 4.69) is 25.1 Å². The van der Waals surface area contributed by atoms with Crippen molar-refractivity contribution in [2.24, 2.45) is 11.8 Å². The second-order valence-electron chi connectivity index (χ2n) is 8.35. The second kappa shape index (κ2) is 9.39. The van der Waals surface area contributed by atoms with Crippen molar-refractivity contribution in [1.29, 1.82) is 5.26 Å². The Bertz CT molecular complexity index is 542. The van der Waals surface area contributed by atoms with Gasteiger partial charge in [-0.3, -0.25) is 0 Å². The molecule has 2 aliphatic rings. The highest BCUT2D eigenvalue weighted by atomic mass is 16.5. The monoisotopic (exact) mass is 339 g/mol. The molecule has 0 spiro atoms. The van der Waals surface area contributed by atoms with Gasteiger partial charge in [0.05, 0.1) is 17.7 Å². The minimum absolute atomic E-state index is 0.473. The molecule has 0 saturated heterocycles. The van der Waals surface area contributed by atoms with Crippen molar-refractivity contribution in [1.82, 2.24) is 0 Å². The Balaban J connectivity index is 1.30. The van der Waals surface area contributed by atoms with Gasteiger partial charge in [0.1, 0.15) is 0 Å².